The van der Waals surface area contributed by atoms with Crippen LogP contribution in [0.15, 0.2) is 54.6 Å². The molecule has 0 aliphatic rings. The van der Waals surface area contributed by atoms with Crippen LogP contribution in [0.2, 0.25) is 0 Å². The summed E-state index contributed by atoms with van der Waals surface area (Å²) in [5, 5.41) is 2.95. The lowest BCUT2D eigenvalue weighted by molar-refractivity contribution is -0.116. The predicted octanol–water partition coefficient (Wildman–Crippen LogP) is 5.15. The second-order valence-corrected chi connectivity index (χ2v) is 7.21. The Kier molecular flexibility index (Phi) is 6.72. The van der Waals surface area contributed by atoms with Gasteiger partial charge in [0.1, 0.15) is 6.54 Å². The summed E-state index contributed by atoms with van der Waals surface area (Å²) in [5.41, 5.74) is 5.84. The van der Waals surface area contributed by atoms with Crippen LogP contribution in [0.5, 0.6) is 0 Å². The van der Waals surface area contributed by atoms with E-state index >= 15 is 0 Å². The second-order valence-electron chi connectivity index (χ2n) is 7.21. The zero-order chi connectivity index (χ0) is 21.7. The number of hydrogen-bond acceptors (Lipinski definition) is 3. The van der Waals surface area contributed by atoms with Gasteiger partial charge in [0.05, 0.1) is 17.9 Å². The van der Waals surface area contributed by atoms with Crippen LogP contribution in [0.4, 0.5) is 5.69 Å². The van der Waals surface area contributed by atoms with E-state index in [-0.39, 0.29) is 18.4 Å². The highest BCUT2D eigenvalue weighted by Crippen LogP contribution is 2.31. The molecule has 0 spiro atoms. The molecule has 3 rings (SSSR count). The van der Waals surface area contributed by atoms with Crippen molar-refractivity contribution in [1.29, 1.82) is 0 Å². The van der Waals surface area contributed by atoms with Crippen LogP contribution in [0, 0.1) is 13.8 Å². The first kappa shape index (κ1) is 21.4. The van der Waals surface area contributed by atoms with E-state index in [1.807, 2.05) is 73.0 Å². The average molecular weight is 405 g/mol. The van der Waals surface area contributed by atoms with E-state index in [0.717, 1.165) is 34.6 Å². The molecule has 0 aliphatic heterocycles. The van der Waals surface area contributed by atoms with Crippen LogP contribution in [-0.4, -0.2) is 23.1 Å². The zero-order valence-electron chi connectivity index (χ0n) is 18.0. The fourth-order valence-electron chi connectivity index (χ4n) is 3.73. The molecule has 0 bridgehead atoms. The van der Waals surface area contributed by atoms with Crippen LogP contribution >= 0.6 is 0 Å². The smallest absolute Gasteiger partial charge is 0.340 e. The summed E-state index contributed by atoms with van der Waals surface area (Å²) in [6.07, 6.45) is 0.952. The summed E-state index contributed by atoms with van der Waals surface area (Å²) in [4.78, 5) is 25.4. The van der Waals surface area contributed by atoms with Crippen LogP contribution < -0.4 is 5.32 Å². The van der Waals surface area contributed by atoms with Crippen molar-refractivity contribution in [1.82, 2.24) is 4.57 Å². The minimum atomic E-state index is -0.362. The summed E-state index contributed by atoms with van der Waals surface area (Å²) in [6, 6.07) is 17.6. The van der Waals surface area contributed by atoms with E-state index in [0.29, 0.717) is 12.2 Å². The molecule has 1 N–H and O–H groups in total. The van der Waals surface area contributed by atoms with Crippen molar-refractivity contribution in [2.45, 2.75) is 40.7 Å². The zero-order valence-corrected chi connectivity index (χ0v) is 18.0. The molecule has 0 aliphatic carbocycles. The molecule has 3 aromatic rings. The first-order valence-electron chi connectivity index (χ1n) is 10.3. The lowest BCUT2D eigenvalue weighted by atomic mass is 10.1. The average Bonchev–Trinajstić information content (AvgIpc) is 2.98. The number of rotatable bonds is 7. The van der Waals surface area contributed by atoms with Crippen molar-refractivity contribution in [2.75, 3.05) is 11.9 Å². The summed E-state index contributed by atoms with van der Waals surface area (Å²) >= 11 is 0. The Balaban J connectivity index is 1.96. The van der Waals surface area contributed by atoms with Gasteiger partial charge in [-0.25, -0.2) is 4.79 Å². The number of carbonyl (C=O) groups is 2. The maximum absolute atomic E-state index is 12.8. The third-order valence-corrected chi connectivity index (χ3v) is 5.24. The van der Waals surface area contributed by atoms with Crippen LogP contribution in [0.25, 0.3) is 11.3 Å². The van der Waals surface area contributed by atoms with Gasteiger partial charge in [0.25, 0.3) is 0 Å². The number of aryl methyl sites for hydroxylation is 1. The highest BCUT2D eigenvalue weighted by molar-refractivity contribution is 5.96. The van der Waals surface area contributed by atoms with E-state index in [1.54, 1.807) is 6.92 Å². The van der Waals surface area contributed by atoms with E-state index < -0.39 is 0 Å². The van der Waals surface area contributed by atoms with Crippen molar-refractivity contribution in [3.63, 3.8) is 0 Å². The number of carbonyl (C=O) groups excluding carboxylic acids is 2. The first-order chi connectivity index (χ1) is 14.5. The Morgan fingerprint density at radius 3 is 2.23 bits per heavy atom. The minimum absolute atomic E-state index is 0.103. The SMILES string of the molecule is CCOC(=O)c1c(C)c(-c2ccccc2)n(CC(=O)Nc2ccc(CC)cc2)c1C. The van der Waals surface area contributed by atoms with Gasteiger partial charge in [0.15, 0.2) is 0 Å². The minimum Gasteiger partial charge on any atom is -0.462 e. The topological polar surface area (TPSA) is 60.3 Å². The van der Waals surface area contributed by atoms with Crippen LogP contribution in [0.3, 0.4) is 0 Å². The molecule has 2 aromatic carbocycles. The molecular weight excluding hydrogens is 376 g/mol. The molecule has 0 radical (unpaired) electrons. The van der Waals surface area contributed by atoms with Gasteiger partial charge >= 0.3 is 5.97 Å². The summed E-state index contributed by atoms with van der Waals surface area (Å²) in [7, 11) is 0. The van der Waals surface area contributed by atoms with E-state index in [2.05, 4.69) is 12.2 Å². The molecule has 5 heteroatoms. The highest BCUT2D eigenvalue weighted by Gasteiger charge is 2.25. The van der Waals surface area contributed by atoms with Crippen molar-refractivity contribution in [3.8, 4) is 11.3 Å². The van der Waals surface area contributed by atoms with E-state index in [4.69, 9.17) is 4.74 Å². The quantitative estimate of drug-likeness (QED) is 0.554. The molecule has 156 valence electrons. The van der Waals surface area contributed by atoms with Gasteiger partial charge in [-0.15, -0.1) is 0 Å². The summed E-state index contributed by atoms with van der Waals surface area (Å²) in [5.74, 6) is -0.510. The first-order valence-corrected chi connectivity index (χ1v) is 10.3. The molecule has 30 heavy (non-hydrogen) atoms. The van der Waals surface area contributed by atoms with Crippen LogP contribution in [0.1, 0.15) is 41.0 Å². The molecule has 0 unspecified atom stereocenters. The van der Waals surface area contributed by atoms with Crippen molar-refractivity contribution in [2.24, 2.45) is 0 Å². The molecule has 5 nitrogen and oxygen atoms in total. The number of anilines is 1. The Labute approximate surface area is 177 Å². The largest absolute Gasteiger partial charge is 0.462 e. The summed E-state index contributed by atoms with van der Waals surface area (Å²) < 4.78 is 7.16. The van der Waals surface area contributed by atoms with Gasteiger partial charge in [-0.3, -0.25) is 4.79 Å². The maximum atomic E-state index is 12.8. The summed E-state index contributed by atoms with van der Waals surface area (Å²) in [6.45, 7) is 8.05. The van der Waals surface area contributed by atoms with Gasteiger partial charge in [-0.1, -0.05) is 49.4 Å². The number of esters is 1. The number of amides is 1. The normalized spacial score (nSPS) is 10.7. The van der Waals surface area contributed by atoms with E-state index in [1.165, 1.54) is 5.56 Å². The molecule has 1 aromatic heterocycles. The number of aromatic nitrogens is 1. The third kappa shape index (κ3) is 4.46. The number of benzene rings is 2. The Bertz CT molecular complexity index is 1030. The highest BCUT2D eigenvalue weighted by atomic mass is 16.5. The fourth-order valence-corrected chi connectivity index (χ4v) is 3.73. The molecule has 1 amide bonds. The monoisotopic (exact) mass is 404 g/mol. The second kappa shape index (κ2) is 9.44. The molecule has 0 atom stereocenters. The number of nitrogens with zero attached hydrogens (tertiary/aromatic N) is 1. The standard InChI is InChI=1S/C25H28N2O3/c1-5-19-12-14-21(15-13-19)26-22(28)16-27-18(4)23(25(29)30-6-2)17(3)24(27)20-10-8-7-9-11-20/h7-15H,5-6,16H2,1-4H3,(H,26,28). The number of hydrogen-bond donors (Lipinski definition) is 1. The lowest BCUT2D eigenvalue weighted by Gasteiger charge is -2.13. The van der Waals surface area contributed by atoms with Crippen molar-refractivity contribution >= 4 is 17.6 Å². The van der Waals surface area contributed by atoms with E-state index in [9.17, 15) is 9.59 Å². The predicted molar refractivity (Wildman–Crippen MR) is 120 cm³/mol. The van der Waals surface area contributed by atoms with Gasteiger partial charge in [-0.05, 0) is 56.0 Å². The Hall–Kier alpha value is -3.34. The molecule has 0 saturated carbocycles. The molecule has 0 fully saturated rings. The maximum Gasteiger partial charge on any atom is 0.340 e. The Morgan fingerprint density at radius 1 is 0.967 bits per heavy atom. The number of ether oxygens (including phenoxy) is 1. The molecule has 1 heterocycles. The van der Waals surface area contributed by atoms with Crippen LogP contribution in [-0.2, 0) is 22.5 Å². The van der Waals surface area contributed by atoms with Gasteiger partial charge in [0.2, 0.25) is 5.91 Å². The lowest BCUT2D eigenvalue weighted by Crippen LogP contribution is -2.20. The molecular formula is C25H28N2O3. The number of nitrogens with one attached hydrogen (secondary N) is 1. The van der Waals surface area contributed by atoms with Crippen molar-refractivity contribution in [3.05, 3.63) is 77.0 Å². The fraction of sp³-hybridized carbons (Fsp3) is 0.280. The third-order valence-electron chi connectivity index (χ3n) is 5.24. The van der Waals surface area contributed by atoms with Gasteiger partial charge in [0, 0.05) is 11.4 Å². The molecule has 0 saturated heterocycles. The van der Waals surface area contributed by atoms with Gasteiger partial charge in [-0.2, -0.15) is 0 Å². The van der Waals surface area contributed by atoms with Crippen molar-refractivity contribution < 1.29 is 14.3 Å². The van der Waals surface area contributed by atoms with Gasteiger partial charge < -0.3 is 14.6 Å². The Morgan fingerprint density at radius 2 is 1.63 bits per heavy atom.